The molecule has 2 aromatic carbocycles. The molecular weight excluding hydrogens is 380 g/mol. The van der Waals surface area contributed by atoms with Crippen LogP contribution in [0.2, 0.25) is 0 Å². The fourth-order valence-corrected chi connectivity index (χ4v) is 4.57. The van der Waals surface area contributed by atoms with Crippen molar-refractivity contribution in [1.29, 1.82) is 0 Å². The molecule has 29 heavy (non-hydrogen) atoms. The van der Waals surface area contributed by atoms with E-state index in [1.807, 2.05) is 71.8 Å². The Balaban J connectivity index is 1.39. The van der Waals surface area contributed by atoms with Crippen LogP contribution in [0.4, 0.5) is 5.69 Å². The molecule has 0 aliphatic carbocycles. The molecule has 0 saturated carbocycles. The standard InChI is InChI=1S/C24H24N2O2S/c1-17-7-2-3-8-19(17)24(28)26-14-12-18(13-15-26)23(27)25-21-10-5-4-9-20(21)22-11-6-16-29-22/h2-11,16,18H,12-15H2,1H3,(H,25,27). The van der Waals surface area contributed by atoms with E-state index >= 15 is 0 Å². The molecule has 3 aromatic rings. The molecule has 2 heterocycles. The second kappa shape index (κ2) is 8.62. The van der Waals surface area contributed by atoms with E-state index in [1.165, 1.54) is 0 Å². The summed E-state index contributed by atoms with van der Waals surface area (Å²) in [5.41, 5.74) is 3.63. The van der Waals surface area contributed by atoms with Gasteiger partial charge in [0.15, 0.2) is 0 Å². The normalized spacial score (nSPS) is 14.6. The van der Waals surface area contributed by atoms with Crippen LogP contribution in [-0.2, 0) is 4.79 Å². The van der Waals surface area contributed by atoms with Gasteiger partial charge in [-0.3, -0.25) is 9.59 Å². The van der Waals surface area contributed by atoms with E-state index in [-0.39, 0.29) is 17.7 Å². The van der Waals surface area contributed by atoms with Crippen molar-refractivity contribution < 1.29 is 9.59 Å². The van der Waals surface area contributed by atoms with Gasteiger partial charge in [-0.05, 0) is 48.9 Å². The molecule has 0 atom stereocenters. The topological polar surface area (TPSA) is 49.4 Å². The van der Waals surface area contributed by atoms with E-state index in [2.05, 4.69) is 11.4 Å². The fraction of sp³-hybridized carbons (Fsp3) is 0.250. The smallest absolute Gasteiger partial charge is 0.254 e. The number of benzene rings is 2. The summed E-state index contributed by atoms with van der Waals surface area (Å²) in [7, 11) is 0. The van der Waals surface area contributed by atoms with Gasteiger partial charge in [-0.2, -0.15) is 0 Å². The number of rotatable bonds is 4. The minimum absolute atomic E-state index is 0.0389. The van der Waals surface area contributed by atoms with Crippen molar-refractivity contribution in [2.75, 3.05) is 18.4 Å². The van der Waals surface area contributed by atoms with Gasteiger partial charge in [-0.15, -0.1) is 11.3 Å². The van der Waals surface area contributed by atoms with Gasteiger partial charge in [-0.25, -0.2) is 0 Å². The number of thiophene rings is 1. The number of carbonyl (C=O) groups is 2. The SMILES string of the molecule is Cc1ccccc1C(=O)N1CCC(C(=O)Nc2ccccc2-c2cccs2)CC1. The van der Waals surface area contributed by atoms with E-state index in [0.29, 0.717) is 25.9 Å². The third-order valence-electron chi connectivity index (χ3n) is 5.50. The van der Waals surface area contributed by atoms with Crippen molar-refractivity contribution in [3.63, 3.8) is 0 Å². The molecular formula is C24H24N2O2S. The molecule has 1 aliphatic heterocycles. The number of likely N-dealkylation sites (tertiary alicyclic amines) is 1. The summed E-state index contributed by atoms with van der Waals surface area (Å²) in [6.45, 7) is 3.17. The molecule has 2 amide bonds. The first-order valence-electron chi connectivity index (χ1n) is 9.92. The van der Waals surface area contributed by atoms with Crippen molar-refractivity contribution in [3.8, 4) is 10.4 Å². The van der Waals surface area contributed by atoms with Crippen LogP contribution in [0.25, 0.3) is 10.4 Å². The lowest BCUT2D eigenvalue weighted by atomic mass is 9.94. The van der Waals surface area contributed by atoms with Crippen LogP contribution in [-0.4, -0.2) is 29.8 Å². The Morgan fingerprint density at radius 2 is 1.69 bits per heavy atom. The maximum Gasteiger partial charge on any atom is 0.254 e. The van der Waals surface area contributed by atoms with E-state index in [9.17, 15) is 9.59 Å². The Hall–Kier alpha value is -2.92. The zero-order chi connectivity index (χ0) is 20.2. The number of hydrogen-bond acceptors (Lipinski definition) is 3. The Morgan fingerprint density at radius 1 is 0.966 bits per heavy atom. The van der Waals surface area contributed by atoms with Gasteiger partial charge >= 0.3 is 0 Å². The fourth-order valence-electron chi connectivity index (χ4n) is 3.80. The molecule has 1 N–H and O–H groups in total. The van der Waals surface area contributed by atoms with Crippen LogP contribution in [0.1, 0.15) is 28.8 Å². The van der Waals surface area contributed by atoms with Crippen LogP contribution in [0.5, 0.6) is 0 Å². The van der Waals surface area contributed by atoms with Gasteiger partial charge in [0.2, 0.25) is 5.91 Å². The van der Waals surface area contributed by atoms with Gasteiger partial charge in [0, 0.05) is 40.7 Å². The lowest BCUT2D eigenvalue weighted by molar-refractivity contribution is -0.121. The number of para-hydroxylation sites is 1. The third kappa shape index (κ3) is 4.25. The Bertz CT molecular complexity index is 1010. The second-order valence-electron chi connectivity index (χ2n) is 7.39. The zero-order valence-electron chi connectivity index (χ0n) is 16.4. The monoisotopic (exact) mass is 404 g/mol. The predicted octanol–water partition coefficient (Wildman–Crippen LogP) is 5.21. The van der Waals surface area contributed by atoms with Crippen LogP contribution in [0, 0.1) is 12.8 Å². The van der Waals surface area contributed by atoms with Crippen molar-refractivity contribution >= 4 is 28.8 Å². The quantitative estimate of drug-likeness (QED) is 0.649. The molecule has 4 nitrogen and oxygen atoms in total. The third-order valence-corrected chi connectivity index (χ3v) is 6.40. The van der Waals surface area contributed by atoms with Crippen molar-refractivity contribution in [3.05, 3.63) is 77.2 Å². The number of carbonyl (C=O) groups excluding carboxylic acids is 2. The molecule has 4 rings (SSSR count). The highest BCUT2D eigenvalue weighted by molar-refractivity contribution is 7.13. The highest BCUT2D eigenvalue weighted by Gasteiger charge is 2.28. The van der Waals surface area contributed by atoms with E-state index in [4.69, 9.17) is 0 Å². The largest absolute Gasteiger partial charge is 0.339 e. The molecule has 1 saturated heterocycles. The maximum absolute atomic E-state index is 12.9. The van der Waals surface area contributed by atoms with Crippen molar-refractivity contribution in [2.45, 2.75) is 19.8 Å². The molecule has 0 radical (unpaired) electrons. The summed E-state index contributed by atoms with van der Waals surface area (Å²) >= 11 is 1.66. The number of anilines is 1. The summed E-state index contributed by atoms with van der Waals surface area (Å²) < 4.78 is 0. The van der Waals surface area contributed by atoms with E-state index < -0.39 is 0 Å². The number of piperidine rings is 1. The Morgan fingerprint density at radius 3 is 2.41 bits per heavy atom. The molecule has 0 bridgehead atoms. The lowest BCUT2D eigenvalue weighted by Gasteiger charge is -2.31. The second-order valence-corrected chi connectivity index (χ2v) is 8.34. The van der Waals surface area contributed by atoms with Gasteiger partial charge in [0.1, 0.15) is 0 Å². The van der Waals surface area contributed by atoms with E-state index in [0.717, 1.165) is 27.3 Å². The summed E-state index contributed by atoms with van der Waals surface area (Å²) in [5.74, 6) is 0.0225. The van der Waals surface area contributed by atoms with Gasteiger partial charge < -0.3 is 10.2 Å². The highest BCUT2D eigenvalue weighted by atomic mass is 32.1. The Labute approximate surface area is 175 Å². The lowest BCUT2D eigenvalue weighted by Crippen LogP contribution is -2.41. The first-order chi connectivity index (χ1) is 14.1. The van der Waals surface area contributed by atoms with Gasteiger partial charge in [-0.1, -0.05) is 42.5 Å². The van der Waals surface area contributed by atoms with Gasteiger partial charge in [0.25, 0.3) is 5.91 Å². The number of aryl methyl sites for hydroxylation is 1. The molecule has 1 aromatic heterocycles. The number of amides is 2. The Kier molecular flexibility index (Phi) is 5.76. The summed E-state index contributed by atoms with van der Waals surface area (Å²) in [6, 6.07) is 19.6. The van der Waals surface area contributed by atoms with E-state index in [1.54, 1.807) is 11.3 Å². The first-order valence-corrected chi connectivity index (χ1v) is 10.8. The average Bonchev–Trinajstić information content (AvgIpc) is 3.29. The van der Waals surface area contributed by atoms with Crippen molar-refractivity contribution in [2.24, 2.45) is 5.92 Å². The molecule has 5 heteroatoms. The first kappa shape index (κ1) is 19.4. The van der Waals surface area contributed by atoms with Crippen LogP contribution in [0.15, 0.2) is 66.0 Å². The van der Waals surface area contributed by atoms with Gasteiger partial charge in [0.05, 0.1) is 0 Å². The molecule has 0 unspecified atom stereocenters. The minimum Gasteiger partial charge on any atom is -0.339 e. The molecule has 1 fully saturated rings. The predicted molar refractivity (Wildman–Crippen MR) is 118 cm³/mol. The highest BCUT2D eigenvalue weighted by Crippen LogP contribution is 2.32. The molecule has 0 spiro atoms. The molecule has 148 valence electrons. The van der Waals surface area contributed by atoms with Crippen LogP contribution in [0.3, 0.4) is 0 Å². The number of nitrogens with one attached hydrogen (secondary N) is 1. The van der Waals surface area contributed by atoms with Crippen molar-refractivity contribution in [1.82, 2.24) is 4.90 Å². The summed E-state index contributed by atoms with van der Waals surface area (Å²) in [5, 5.41) is 5.15. The zero-order valence-corrected chi connectivity index (χ0v) is 17.2. The molecule has 1 aliphatic rings. The summed E-state index contributed by atoms with van der Waals surface area (Å²) in [4.78, 5) is 28.7. The van der Waals surface area contributed by atoms with Crippen LogP contribution >= 0.6 is 11.3 Å². The number of nitrogens with zero attached hydrogens (tertiary/aromatic N) is 1. The van der Waals surface area contributed by atoms with Crippen LogP contribution < -0.4 is 5.32 Å². The average molecular weight is 405 g/mol. The summed E-state index contributed by atoms with van der Waals surface area (Å²) in [6.07, 6.45) is 1.37. The minimum atomic E-state index is -0.0766. The maximum atomic E-state index is 12.9. The number of hydrogen-bond donors (Lipinski definition) is 1.